The summed E-state index contributed by atoms with van der Waals surface area (Å²) in [6.45, 7) is 4.17. The van der Waals surface area contributed by atoms with E-state index in [-0.39, 0.29) is 6.04 Å². The first-order valence-electron chi connectivity index (χ1n) is 6.20. The summed E-state index contributed by atoms with van der Waals surface area (Å²) in [5, 5.41) is 0. The van der Waals surface area contributed by atoms with Crippen LogP contribution in [-0.2, 0) is 0 Å². The highest BCUT2D eigenvalue weighted by Gasteiger charge is 2.20. The normalized spacial score (nSPS) is 12.2. The molecular formula is C15H19N3O. The van der Waals surface area contributed by atoms with Crippen LogP contribution < -0.4 is 16.0 Å². The zero-order valence-corrected chi connectivity index (χ0v) is 11.5. The van der Waals surface area contributed by atoms with Gasteiger partial charge in [0.2, 0.25) is 0 Å². The molecule has 1 atom stereocenters. The number of rotatable bonds is 4. The van der Waals surface area contributed by atoms with E-state index in [1.807, 2.05) is 18.2 Å². The number of nitrogens with zero attached hydrogens (tertiary/aromatic N) is 1. The molecule has 0 saturated carbocycles. The van der Waals surface area contributed by atoms with Gasteiger partial charge in [-0.15, -0.1) is 0 Å². The Morgan fingerprint density at radius 1 is 1.21 bits per heavy atom. The summed E-state index contributed by atoms with van der Waals surface area (Å²) in [6, 6.07) is 9.72. The van der Waals surface area contributed by atoms with Gasteiger partial charge in [0.05, 0.1) is 13.2 Å². The van der Waals surface area contributed by atoms with Gasteiger partial charge < -0.3 is 4.74 Å². The van der Waals surface area contributed by atoms with Gasteiger partial charge in [0.25, 0.3) is 0 Å². The molecule has 19 heavy (non-hydrogen) atoms. The summed E-state index contributed by atoms with van der Waals surface area (Å²) in [5.74, 6) is 6.46. The Labute approximate surface area is 113 Å². The largest absolute Gasteiger partial charge is 0.495 e. The Morgan fingerprint density at radius 2 is 2.00 bits per heavy atom. The van der Waals surface area contributed by atoms with Crippen molar-refractivity contribution in [1.82, 2.24) is 10.4 Å². The molecule has 100 valence electrons. The molecule has 0 saturated heterocycles. The van der Waals surface area contributed by atoms with E-state index in [0.29, 0.717) is 0 Å². The first kappa shape index (κ1) is 13.5. The van der Waals surface area contributed by atoms with Crippen molar-refractivity contribution in [2.45, 2.75) is 19.9 Å². The standard InChI is InChI=1S/C15H19N3O/c1-10-6-4-7-12(11(10)2)14(18-16)15-13(19-3)8-5-9-17-15/h4-9,14,18H,16H2,1-3H3. The molecule has 1 aromatic carbocycles. The Hall–Kier alpha value is -1.91. The summed E-state index contributed by atoms with van der Waals surface area (Å²) in [5.41, 5.74) is 7.17. The van der Waals surface area contributed by atoms with Crippen molar-refractivity contribution in [3.05, 3.63) is 58.9 Å². The molecule has 0 spiro atoms. The van der Waals surface area contributed by atoms with Crippen molar-refractivity contribution < 1.29 is 4.74 Å². The van der Waals surface area contributed by atoms with Crippen molar-refractivity contribution >= 4 is 0 Å². The smallest absolute Gasteiger partial charge is 0.142 e. The van der Waals surface area contributed by atoms with E-state index >= 15 is 0 Å². The third kappa shape index (κ3) is 2.59. The molecule has 4 heteroatoms. The average Bonchev–Trinajstić information content (AvgIpc) is 2.45. The van der Waals surface area contributed by atoms with Gasteiger partial charge in [-0.1, -0.05) is 18.2 Å². The lowest BCUT2D eigenvalue weighted by atomic mass is 9.95. The molecule has 2 aromatic rings. The Morgan fingerprint density at radius 3 is 2.68 bits per heavy atom. The van der Waals surface area contributed by atoms with E-state index in [1.54, 1.807) is 13.3 Å². The number of pyridine rings is 1. The lowest BCUT2D eigenvalue weighted by molar-refractivity contribution is 0.400. The van der Waals surface area contributed by atoms with Crippen molar-refractivity contribution in [3.8, 4) is 5.75 Å². The van der Waals surface area contributed by atoms with E-state index in [1.165, 1.54) is 11.1 Å². The number of aryl methyl sites for hydroxylation is 1. The minimum absolute atomic E-state index is 0.184. The topological polar surface area (TPSA) is 60.2 Å². The quantitative estimate of drug-likeness (QED) is 0.651. The zero-order chi connectivity index (χ0) is 13.8. The molecule has 0 aliphatic heterocycles. The van der Waals surface area contributed by atoms with Crippen LogP contribution in [0.5, 0.6) is 5.75 Å². The van der Waals surface area contributed by atoms with Crippen LogP contribution >= 0.6 is 0 Å². The van der Waals surface area contributed by atoms with Crippen LogP contribution in [0.3, 0.4) is 0 Å². The minimum Gasteiger partial charge on any atom is -0.495 e. The third-order valence-corrected chi connectivity index (χ3v) is 3.42. The third-order valence-electron chi connectivity index (χ3n) is 3.42. The first-order valence-corrected chi connectivity index (χ1v) is 6.20. The number of benzene rings is 1. The molecular weight excluding hydrogens is 238 g/mol. The van der Waals surface area contributed by atoms with Gasteiger partial charge in [-0.2, -0.15) is 0 Å². The van der Waals surface area contributed by atoms with Crippen molar-refractivity contribution in [1.29, 1.82) is 0 Å². The SMILES string of the molecule is COc1cccnc1C(NN)c1cccc(C)c1C. The number of hydrogen-bond donors (Lipinski definition) is 2. The Balaban J connectivity index is 2.53. The molecule has 4 nitrogen and oxygen atoms in total. The van der Waals surface area contributed by atoms with Gasteiger partial charge in [-0.3, -0.25) is 10.8 Å². The molecule has 1 heterocycles. The highest BCUT2D eigenvalue weighted by atomic mass is 16.5. The number of nitrogens with two attached hydrogens (primary N) is 1. The minimum atomic E-state index is -0.184. The van der Waals surface area contributed by atoms with Gasteiger partial charge in [-0.05, 0) is 42.7 Å². The highest BCUT2D eigenvalue weighted by Crippen LogP contribution is 2.29. The van der Waals surface area contributed by atoms with Gasteiger partial charge in [0.1, 0.15) is 11.4 Å². The van der Waals surface area contributed by atoms with E-state index < -0.39 is 0 Å². The first-order chi connectivity index (χ1) is 9.19. The molecule has 0 fully saturated rings. The average molecular weight is 257 g/mol. The van der Waals surface area contributed by atoms with Crippen molar-refractivity contribution in [2.75, 3.05) is 7.11 Å². The Bertz CT molecular complexity index is 569. The van der Waals surface area contributed by atoms with Crippen LogP contribution in [-0.4, -0.2) is 12.1 Å². The van der Waals surface area contributed by atoms with Crippen LogP contribution in [0.4, 0.5) is 0 Å². The lowest BCUT2D eigenvalue weighted by Crippen LogP contribution is -2.30. The molecule has 0 aliphatic rings. The number of hydrazine groups is 1. The fraction of sp³-hybridized carbons (Fsp3) is 0.267. The second-order valence-corrected chi connectivity index (χ2v) is 4.48. The summed E-state index contributed by atoms with van der Waals surface area (Å²) in [4.78, 5) is 4.40. The molecule has 1 unspecified atom stereocenters. The van der Waals surface area contributed by atoms with Crippen LogP contribution in [0.2, 0.25) is 0 Å². The zero-order valence-electron chi connectivity index (χ0n) is 11.5. The molecule has 0 aliphatic carbocycles. The summed E-state index contributed by atoms with van der Waals surface area (Å²) < 4.78 is 5.36. The Kier molecular flexibility index (Phi) is 4.14. The van der Waals surface area contributed by atoms with Crippen molar-refractivity contribution in [3.63, 3.8) is 0 Å². The van der Waals surface area contributed by atoms with Crippen LogP contribution in [0, 0.1) is 13.8 Å². The maximum absolute atomic E-state index is 5.73. The maximum Gasteiger partial charge on any atom is 0.142 e. The molecule has 0 bridgehead atoms. The van der Waals surface area contributed by atoms with E-state index in [9.17, 15) is 0 Å². The molecule has 0 amide bonds. The lowest BCUT2D eigenvalue weighted by Gasteiger charge is -2.21. The number of nitrogens with one attached hydrogen (secondary N) is 1. The number of hydrogen-bond acceptors (Lipinski definition) is 4. The molecule has 1 aromatic heterocycles. The van der Waals surface area contributed by atoms with Crippen LogP contribution in [0.15, 0.2) is 36.5 Å². The fourth-order valence-corrected chi connectivity index (χ4v) is 2.19. The van der Waals surface area contributed by atoms with Gasteiger partial charge in [-0.25, -0.2) is 5.43 Å². The maximum atomic E-state index is 5.73. The summed E-state index contributed by atoms with van der Waals surface area (Å²) in [7, 11) is 1.64. The van der Waals surface area contributed by atoms with Crippen LogP contribution in [0.25, 0.3) is 0 Å². The van der Waals surface area contributed by atoms with E-state index in [2.05, 4.69) is 36.4 Å². The highest BCUT2D eigenvalue weighted by molar-refractivity contribution is 5.42. The number of methoxy groups -OCH3 is 1. The molecule has 3 N–H and O–H groups in total. The monoisotopic (exact) mass is 257 g/mol. The van der Waals surface area contributed by atoms with E-state index in [4.69, 9.17) is 10.6 Å². The van der Waals surface area contributed by atoms with Gasteiger partial charge in [0.15, 0.2) is 0 Å². The fourth-order valence-electron chi connectivity index (χ4n) is 2.19. The van der Waals surface area contributed by atoms with Crippen molar-refractivity contribution in [2.24, 2.45) is 5.84 Å². The second-order valence-electron chi connectivity index (χ2n) is 4.48. The van der Waals surface area contributed by atoms with Gasteiger partial charge in [0, 0.05) is 6.20 Å². The van der Waals surface area contributed by atoms with E-state index in [0.717, 1.165) is 17.0 Å². The predicted octanol–water partition coefficient (Wildman–Crippen LogP) is 2.26. The van der Waals surface area contributed by atoms with Gasteiger partial charge >= 0.3 is 0 Å². The number of aromatic nitrogens is 1. The van der Waals surface area contributed by atoms with Crippen LogP contribution in [0.1, 0.15) is 28.4 Å². The number of ether oxygens (including phenoxy) is 1. The summed E-state index contributed by atoms with van der Waals surface area (Å²) in [6.07, 6.45) is 1.74. The predicted molar refractivity (Wildman–Crippen MR) is 75.9 cm³/mol. The summed E-state index contributed by atoms with van der Waals surface area (Å²) >= 11 is 0. The molecule has 2 rings (SSSR count). The second kappa shape index (κ2) is 5.82. The molecule has 0 radical (unpaired) electrons.